The average molecular weight is 421 g/mol. The highest BCUT2D eigenvalue weighted by atomic mass is 15.2. The molecule has 2 atom stereocenters. The minimum atomic E-state index is 0.574. The van der Waals surface area contributed by atoms with E-state index in [1.54, 1.807) is 0 Å². The van der Waals surface area contributed by atoms with E-state index in [0.717, 1.165) is 18.9 Å². The van der Waals surface area contributed by atoms with Crippen LogP contribution in [0.2, 0.25) is 0 Å². The van der Waals surface area contributed by atoms with Gasteiger partial charge in [-0.1, -0.05) is 52.0 Å². The van der Waals surface area contributed by atoms with E-state index in [0.29, 0.717) is 18.0 Å². The number of rotatable bonds is 12. The quantitative estimate of drug-likeness (QED) is 0.350. The second kappa shape index (κ2) is 11.1. The number of benzene rings is 2. The lowest BCUT2D eigenvalue weighted by Gasteiger charge is -2.32. The normalized spacial score (nSPS) is 15.7. The highest BCUT2D eigenvalue weighted by Gasteiger charge is 2.26. The van der Waals surface area contributed by atoms with E-state index in [4.69, 9.17) is 0 Å². The van der Waals surface area contributed by atoms with E-state index in [1.807, 2.05) is 0 Å². The van der Waals surface area contributed by atoms with Crippen molar-refractivity contribution in [2.24, 2.45) is 11.8 Å². The second-order valence-electron chi connectivity index (χ2n) is 10.2. The molecular formula is C29H44N2. The number of hydrogen-bond donors (Lipinski definition) is 0. The van der Waals surface area contributed by atoms with Gasteiger partial charge in [0.2, 0.25) is 0 Å². The number of anilines is 2. The first-order valence-electron chi connectivity index (χ1n) is 12.6. The standard InChI is InChI=1S/C29H44N2/c1-7-23(5)30(20-22(3)4)28-15-11-25(12-16-28)19-26-13-17-29(18-14-26)31(24(6)8-2)21-27-9-10-27/h11-18,22-24,27H,7-10,19-21H2,1-6H3. The van der Waals surface area contributed by atoms with E-state index < -0.39 is 0 Å². The maximum atomic E-state index is 2.62. The van der Waals surface area contributed by atoms with Crippen molar-refractivity contribution < 1.29 is 0 Å². The lowest BCUT2D eigenvalue weighted by atomic mass is 10.0. The van der Waals surface area contributed by atoms with Crippen LogP contribution >= 0.6 is 0 Å². The smallest absolute Gasteiger partial charge is 0.0368 e. The summed E-state index contributed by atoms with van der Waals surface area (Å²) in [6.07, 6.45) is 6.19. The molecule has 1 aliphatic carbocycles. The lowest BCUT2D eigenvalue weighted by Crippen LogP contribution is -2.35. The van der Waals surface area contributed by atoms with Crippen LogP contribution in [0, 0.1) is 11.8 Å². The molecule has 0 aliphatic heterocycles. The molecule has 31 heavy (non-hydrogen) atoms. The molecule has 0 radical (unpaired) electrons. The zero-order valence-electron chi connectivity index (χ0n) is 20.8. The first kappa shape index (κ1) is 23.7. The van der Waals surface area contributed by atoms with Gasteiger partial charge in [0.05, 0.1) is 0 Å². The van der Waals surface area contributed by atoms with E-state index in [9.17, 15) is 0 Å². The van der Waals surface area contributed by atoms with Crippen molar-refractivity contribution in [3.8, 4) is 0 Å². The third kappa shape index (κ3) is 6.76. The van der Waals surface area contributed by atoms with Crippen molar-refractivity contribution >= 4 is 11.4 Å². The average Bonchev–Trinajstić information content (AvgIpc) is 3.60. The lowest BCUT2D eigenvalue weighted by molar-refractivity contribution is 0.542. The fraction of sp³-hybridized carbons (Fsp3) is 0.586. The Morgan fingerprint density at radius 1 is 0.710 bits per heavy atom. The van der Waals surface area contributed by atoms with Crippen molar-refractivity contribution in [1.82, 2.24) is 0 Å². The van der Waals surface area contributed by atoms with E-state index in [2.05, 4.69) is 99.9 Å². The minimum Gasteiger partial charge on any atom is -0.369 e. The molecule has 1 aliphatic rings. The third-order valence-electron chi connectivity index (χ3n) is 6.90. The van der Waals surface area contributed by atoms with Crippen LogP contribution in [0.4, 0.5) is 11.4 Å². The van der Waals surface area contributed by atoms with Crippen LogP contribution in [-0.4, -0.2) is 25.2 Å². The fourth-order valence-corrected chi connectivity index (χ4v) is 4.34. The Labute approximate surface area is 191 Å². The Kier molecular flexibility index (Phi) is 8.46. The van der Waals surface area contributed by atoms with Gasteiger partial charge in [0, 0.05) is 36.5 Å². The number of hydrogen-bond acceptors (Lipinski definition) is 2. The Hall–Kier alpha value is -1.96. The second-order valence-corrected chi connectivity index (χ2v) is 10.2. The SMILES string of the molecule is CCC(C)N(CC(C)C)c1ccc(Cc2ccc(N(CC3CC3)C(C)CC)cc2)cc1. The highest BCUT2D eigenvalue weighted by Crippen LogP contribution is 2.33. The zero-order chi connectivity index (χ0) is 22.4. The maximum absolute atomic E-state index is 2.62. The van der Waals surface area contributed by atoms with Crippen molar-refractivity contribution in [3.63, 3.8) is 0 Å². The van der Waals surface area contributed by atoms with Gasteiger partial charge in [-0.3, -0.25) is 0 Å². The molecule has 0 N–H and O–H groups in total. The molecule has 170 valence electrons. The monoisotopic (exact) mass is 420 g/mol. The molecule has 2 aromatic rings. The van der Waals surface area contributed by atoms with Crippen molar-refractivity contribution in [2.45, 2.75) is 85.7 Å². The third-order valence-corrected chi connectivity index (χ3v) is 6.90. The predicted octanol–water partition coefficient (Wildman–Crippen LogP) is 7.55. The van der Waals surface area contributed by atoms with Crippen LogP contribution in [0.15, 0.2) is 48.5 Å². The maximum Gasteiger partial charge on any atom is 0.0368 e. The molecule has 1 fully saturated rings. The van der Waals surface area contributed by atoms with Crippen molar-refractivity contribution in [3.05, 3.63) is 59.7 Å². The molecule has 2 aromatic carbocycles. The molecule has 3 rings (SSSR count). The molecule has 0 spiro atoms. The summed E-state index contributed by atoms with van der Waals surface area (Å²) in [5.74, 6) is 1.58. The van der Waals surface area contributed by atoms with Gasteiger partial charge in [0.15, 0.2) is 0 Å². The van der Waals surface area contributed by atoms with Gasteiger partial charge in [-0.2, -0.15) is 0 Å². The highest BCUT2D eigenvalue weighted by molar-refractivity contribution is 5.51. The van der Waals surface area contributed by atoms with E-state index >= 15 is 0 Å². The van der Waals surface area contributed by atoms with Gasteiger partial charge in [-0.05, 0) is 93.2 Å². The molecule has 0 heterocycles. The summed E-state index contributed by atoms with van der Waals surface area (Å²) in [6, 6.07) is 19.8. The molecule has 0 bridgehead atoms. The van der Waals surface area contributed by atoms with Crippen molar-refractivity contribution in [2.75, 3.05) is 22.9 Å². The van der Waals surface area contributed by atoms with Gasteiger partial charge in [-0.25, -0.2) is 0 Å². The largest absolute Gasteiger partial charge is 0.369 e. The summed E-state index contributed by atoms with van der Waals surface area (Å²) in [4.78, 5) is 5.18. The van der Waals surface area contributed by atoms with E-state index in [1.165, 1.54) is 54.7 Å². The molecule has 0 aromatic heterocycles. The fourth-order valence-electron chi connectivity index (χ4n) is 4.34. The van der Waals surface area contributed by atoms with Gasteiger partial charge < -0.3 is 9.80 Å². The summed E-state index contributed by atoms with van der Waals surface area (Å²) in [7, 11) is 0. The Morgan fingerprint density at radius 2 is 1.16 bits per heavy atom. The first-order chi connectivity index (χ1) is 14.9. The Morgan fingerprint density at radius 3 is 1.58 bits per heavy atom. The van der Waals surface area contributed by atoms with E-state index in [-0.39, 0.29) is 0 Å². The predicted molar refractivity (Wildman–Crippen MR) is 137 cm³/mol. The van der Waals surface area contributed by atoms with Crippen LogP contribution in [0.1, 0.15) is 78.4 Å². The molecule has 2 unspecified atom stereocenters. The summed E-state index contributed by atoms with van der Waals surface area (Å²) in [6.45, 7) is 16.2. The summed E-state index contributed by atoms with van der Waals surface area (Å²) in [5, 5.41) is 0. The molecule has 2 heteroatoms. The summed E-state index contributed by atoms with van der Waals surface area (Å²) < 4.78 is 0. The molecule has 0 saturated heterocycles. The summed E-state index contributed by atoms with van der Waals surface area (Å²) >= 11 is 0. The van der Waals surface area contributed by atoms with Crippen molar-refractivity contribution in [1.29, 1.82) is 0 Å². The van der Waals surface area contributed by atoms with Crippen LogP contribution < -0.4 is 9.80 Å². The van der Waals surface area contributed by atoms with Gasteiger partial charge in [0.1, 0.15) is 0 Å². The van der Waals surface area contributed by atoms with Gasteiger partial charge >= 0.3 is 0 Å². The minimum absolute atomic E-state index is 0.574. The topological polar surface area (TPSA) is 6.48 Å². The summed E-state index contributed by atoms with van der Waals surface area (Å²) in [5.41, 5.74) is 5.53. The Bertz CT molecular complexity index is 714. The van der Waals surface area contributed by atoms with Crippen LogP contribution in [-0.2, 0) is 6.42 Å². The number of nitrogens with zero attached hydrogens (tertiary/aromatic N) is 2. The van der Waals surface area contributed by atoms with Gasteiger partial charge in [0.25, 0.3) is 0 Å². The van der Waals surface area contributed by atoms with Crippen LogP contribution in [0.5, 0.6) is 0 Å². The van der Waals surface area contributed by atoms with Gasteiger partial charge in [-0.15, -0.1) is 0 Å². The first-order valence-corrected chi connectivity index (χ1v) is 12.6. The zero-order valence-corrected chi connectivity index (χ0v) is 20.8. The Balaban J connectivity index is 1.66. The molecule has 0 amide bonds. The molecule has 2 nitrogen and oxygen atoms in total. The van der Waals surface area contributed by atoms with Crippen LogP contribution in [0.3, 0.4) is 0 Å². The van der Waals surface area contributed by atoms with Crippen LogP contribution in [0.25, 0.3) is 0 Å². The molecule has 1 saturated carbocycles. The molecular weight excluding hydrogens is 376 g/mol.